The Kier molecular flexibility index (Phi) is 6.64. The van der Waals surface area contributed by atoms with Gasteiger partial charge in [0.1, 0.15) is 0 Å². The normalized spacial score (nSPS) is 11.0. The summed E-state index contributed by atoms with van der Waals surface area (Å²) in [6.07, 6.45) is 0. The number of nitrogens with one attached hydrogen (secondary N) is 3. The Labute approximate surface area is 185 Å². The van der Waals surface area contributed by atoms with Crippen molar-refractivity contribution >= 4 is 67.6 Å². The summed E-state index contributed by atoms with van der Waals surface area (Å²) in [4.78, 5) is 0.0728. The van der Waals surface area contributed by atoms with E-state index in [1.807, 2.05) is 19.1 Å². The summed E-state index contributed by atoms with van der Waals surface area (Å²) in [5.41, 5.74) is 2.51. The van der Waals surface area contributed by atoms with Gasteiger partial charge in [0.15, 0.2) is 5.11 Å². The number of rotatable bonds is 5. The van der Waals surface area contributed by atoms with Crippen molar-refractivity contribution in [2.75, 3.05) is 15.4 Å². The Morgan fingerprint density at radius 3 is 2.24 bits per heavy atom. The molecule has 0 radical (unpaired) electrons. The summed E-state index contributed by atoms with van der Waals surface area (Å²) >= 11 is 17.5. The first-order valence-corrected chi connectivity index (χ1v) is 11.1. The van der Waals surface area contributed by atoms with E-state index in [4.69, 9.17) is 35.4 Å². The third-order valence-electron chi connectivity index (χ3n) is 3.95. The first-order valence-electron chi connectivity index (χ1n) is 8.46. The van der Waals surface area contributed by atoms with E-state index in [2.05, 4.69) is 15.4 Å². The highest BCUT2D eigenvalue weighted by molar-refractivity contribution is 7.92. The molecule has 3 N–H and O–H groups in total. The van der Waals surface area contributed by atoms with E-state index >= 15 is 0 Å². The van der Waals surface area contributed by atoms with E-state index in [1.165, 1.54) is 12.1 Å². The second-order valence-electron chi connectivity index (χ2n) is 6.16. The second-order valence-corrected chi connectivity index (χ2v) is 9.06. The minimum absolute atomic E-state index is 0.0728. The van der Waals surface area contributed by atoms with Crippen molar-refractivity contribution < 1.29 is 8.42 Å². The quantitative estimate of drug-likeness (QED) is 0.408. The van der Waals surface area contributed by atoms with Crippen LogP contribution in [0.2, 0.25) is 10.0 Å². The minimum Gasteiger partial charge on any atom is -0.332 e. The van der Waals surface area contributed by atoms with E-state index in [9.17, 15) is 8.42 Å². The Hall–Kier alpha value is -2.32. The van der Waals surface area contributed by atoms with E-state index in [0.717, 1.165) is 11.3 Å². The summed E-state index contributed by atoms with van der Waals surface area (Å²) in [6.45, 7) is 1.91. The van der Waals surface area contributed by atoms with Gasteiger partial charge < -0.3 is 10.6 Å². The standard InChI is InChI=1S/C20H17Cl2N3O2S2/c1-13-9-10-15(12-18(13)22)24-20(28)23-14-5-4-6-16(11-14)29(26,27)25-19-8-3-2-7-17(19)21/h2-12,25H,1H3,(H2,23,24,28). The molecule has 3 aromatic carbocycles. The smallest absolute Gasteiger partial charge is 0.262 e. The molecule has 0 saturated carbocycles. The van der Waals surface area contributed by atoms with Gasteiger partial charge >= 0.3 is 0 Å². The zero-order chi connectivity index (χ0) is 21.0. The van der Waals surface area contributed by atoms with Gasteiger partial charge in [-0.2, -0.15) is 0 Å². The Balaban J connectivity index is 1.74. The lowest BCUT2D eigenvalue weighted by Gasteiger charge is -2.13. The average molecular weight is 466 g/mol. The number of thiocarbonyl (C=S) groups is 1. The fraction of sp³-hybridized carbons (Fsp3) is 0.0500. The molecule has 3 rings (SSSR count). The van der Waals surface area contributed by atoms with Crippen LogP contribution >= 0.6 is 35.4 Å². The molecule has 0 heterocycles. The number of hydrogen-bond acceptors (Lipinski definition) is 3. The van der Waals surface area contributed by atoms with Crippen LogP contribution in [0.4, 0.5) is 17.1 Å². The van der Waals surface area contributed by atoms with Gasteiger partial charge in [-0.15, -0.1) is 0 Å². The highest BCUT2D eigenvalue weighted by Gasteiger charge is 2.16. The van der Waals surface area contributed by atoms with Crippen LogP contribution in [0.1, 0.15) is 5.56 Å². The number of benzene rings is 3. The first kappa shape index (κ1) is 21.4. The molecule has 0 bridgehead atoms. The molecule has 150 valence electrons. The average Bonchev–Trinajstić information content (AvgIpc) is 2.66. The molecule has 5 nitrogen and oxygen atoms in total. The van der Waals surface area contributed by atoms with E-state index < -0.39 is 10.0 Å². The largest absolute Gasteiger partial charge is 0.332 e. The number of anilines is 3. The third kappa shape index (κ3) is 5.61. The second kappa shape index (κ2) is 9.00. The van der Waals surface area contributed by atoms with Gasteiger partial charge in [-0.3, -0.25) is 4.72 Å². The summed E-state index contributed by atoms with van der Waals surface area (Å²) in [5, 5.41) is 7.23. The summed E-state index contributed by atoms with van der Waals surface area (Å²) < 4.78 is 27.9. The number of para-hydroxylation sites is 1. The maximum absolute atomic E-state index is 12.7. The molecule has 0 aliphatic heterocycles. The number of halogens is 2. The maximum Gasteiger partial charge on any atom is 0.262 e. The summed E-state index contributed by atoms with van der Waals surface area (Å²) in [6, 6.07) is 18.4. The predicted molar refractivity (Wildman–Crippen MR) is 125 cm³/mol. The van der Waals surface area contributed by atoms with Gasteiger partial charge in [-0.25, -0.2) is 8.42 Å². The van der Waals surface area contributed by atoms with Gasteiger partial charge in [-0.05, 0) is 67.2 Å². The van der Waals surface area contributed by atoms with Crippen molar-refractivity contribution in [3.63, 3.8) is 0 Å². The van der Waals surface area contributed by atoms with Crippen molar-refractivity contribution in [3.05, 3.63) is 82.3 Å². The molecule has 0 aliphatic rings. The van der Waals surface area contributed by atoms with Crippen molar-refractivity contribution in [2.45, 2.75) is 11.8 Å². The SMILES string of the molecule is Cc1ccc(NC(=S)Nc2cccc(S(=O)(=O)Nc3ccccc3Cl)c2)cc1Cl. The lowest BCUT2D eigenvalue weighted by molar-refractivity contribution is 0.601. The van der Waals surface area contributed by atoms with E-state index in [1.54, 1.807) is 42.5 Å². The first-order chi connectivity index (χ1) is 13.7. The minimum atomic E-state index is -3.82. The van der Waals surface area contributed by atoms with Crippen LogP contribution in [0.15, 0.2) is 71.6 Å². The molecule has 0 amide bonds. The van der Waals surface area contributed by atoms with Crippen LogP contribution in [0, 0.1) is 6.92 Å². The van der Waals surface area contributed by atoms with Crippen LogP contribution in [0.5, 0.6) is 0 Å². The molecule has 0 atom stereocenters. The molecule has 0 aliphatic carbocycles. The molecule has 0 unspecified atom stereocenters. The predicted octanol–water partition coefficient (Wildman–Crippen LogP) is 5.91. The van der Waals surface area contributed by atoms with Crippen molar-refractivity contribution in [3.8, 4) is 0 Å². The molecule has 0 aromatic heterocycles. The Morgan fingerprint density at radius 2 is 1.55 bits per heavy atom. The fourth-order valence-corrected chi connectivity index (χ4v) is 4.23. The van der Waals surface area contributed by atoms with Gasteiger partial charge in [0, 0.05) is 16.4 Å². The number of sulfonamides is 1. The highest BCUT2D eigenvalue weighted by atomic mass is 35.5. The highest BCUT2D eigenvalue weighted by Crippen LogP contribution is 2.25. The van der Waals surface area contributed by atoms with Gasteiger partial charge in [-0.1, -0.05) is 47.5 Å². The van der Waals surface area contributed by atoms with Crippen molar-refractivity contribution in [1.82, 2.24) is 0 Å². The van der Waals surface area contributed by atoms with Crippen LogP contribution in [-0.4, -0.2) is 13.5 Å². The van der Waals surface area contributed by atoms with Gasteiger partial charge in [0.25, 0.3) is 10.0 Å². The van der Waals surface area contributed by atoms with Crippen LogP contribution in [-0.2, 0) is 10.0 Å². The molecular formula is C20H17Cl2N3O2S2. The van der Waals surface area contributed by atoms with E-state index in [0.29, 0.717) is 26.5 Å². The van der Waals surface area contributed by atoms with Crippen LogP contribution in [0.25, 0.3) is 0 Å². The monoisotopic (exact) mass is 465 g/mol. The summed E-state index contributed by atoms with van der Waals surface area (Å²) in [5.74, 6) is 0. The molecule has 0 spiro atoms. The lowest BCUT2D eigenvalue weighted by atomic mass is 10.2. The molecule has 29 heavy (non-hydrogen) atoms. The van der Waals surface area contributed by atoms with Gasteiger partial charge in [0.05, 0.1) is 15.6 Å². The molecule has 3 aromatic rings. The Morgan fingerprint density at radius 1 is 0.862 bits per heavy atom. The van der Waals surface area contributed by atoms with Crippen LogP contribution < -0.4 is 15.4 Å². The topological polar surface area (TPSA) is 70.2 Å². The van der Waals surface area contributed by atoms with Crippen LogP contribution in [0.3, 0.4) is 0 Å². The summed E-state index contributed by atoms with van der Waals surface area (Å²) in [7, 11) is -3.82. The zero-order valence-electron chi connectivity index (χ0n) is 15.2. The third-order valence-corrected chi connectivity index (χ3v) is 6.25. The number of aryl methyl sites for hydroxylation is 1. The number of hydrogen-bond donors (Lipinski definition) is 3. The van der Waals surface area contributed by atoms with E-state index in [-0.39, 0.29) is 4.90 Å². The fourth-order valence-electron chi connectivity index (χ4n) is 2.45. The molecule has 0 saturated heterocycles. The molecule has 9 heteroatoms. The molecule has 0 fully saturated rings. The maximum atomic E-state index is 12.7. The zero-order valence-corrected chi connectivity index (χ0v) is 18.4. The Bertz CT molecular complexity index is 1170. The van der Waals surface area contributed by atoms with Crippen molar-refractivity contribution in [2.24, 2.45) is 0 Å². The lowest BCUT2D eigenvalue weighted by Crippen LogP contribution is -2.19. The van der Waals surface area contributed by atoms with Gasteiger partial charge in [0.2, 0.25) is 0 Å². The van der Waals surface area contributed by atoms with Crippen molar-refractivity contribution in [1.29, 1.82) is 0 Å². The molecular weight excluding hydrogens is 449 g/mol.